The minimum absolute atomic E-state index is 0.183. The molecular weight excluding hydrogens is 439 g/mol. The second-order valence-electron chi connectivity index (χ2n) is 8.09. The fourth-order valence-corrected chi connectivity index (χ4v) is 3.88. The quantitative estimate of drug-likeness (QED) is 0.435. The standard InChI is InChI=1S/C26H26ClFN4O/c1-19-5-4-7-23(17-19)29-26(30-25(33)20-9-11-22(27)12-10-20)32-15-13-31(14-16-32)18-21-6-2-3-8-24(21)28/h2-12,17H,13-16,18H2,1H3,(H,29,30,33). The smallest absolute Gasteiger partial charge is 0.257 e. The molecule has 5 nitrogen and oxygen atoms in total. The minimum atomic E-state index is -0.244. The number of halogens is 2. The molecule has 170 valence electrons. The van der Waals surface area contributed by atoms with Crippen LogP contribution >= 0.6 is 11.6 Å². The van der Waals surface area contributed by atoms with Crippen LogP contribution in [0.15, 0.2) is 77.8 Å². The van der Waals surface area contributed by atoms with Crippen LogP contribution in [0.3, 0.4) is 0 Å². The van der Waals surface area contributed by atoms with Gasteiger partial charge in [-0.25, -0.2) is 9.38 Å². The van der Waals surface area contributed by atoms with E-state index in [2.05, 4.69) is 15.1 Å². The summed E-state index contributed by atoms with van der Waals surface area (Å²) in [6.07, 6.45) is 0. The molecule has 1 aliphatic heterocycles. The first-order valence-corrected chi connectivity index (χ1v) is 11.3. The van der Waals surface area contributed by atoms with Gasteiger partial charge in [-0.3, -0.25) is 15.0 Å². The highest BCUT2D eigenvalue weighted by Crippen LogP contribution is 2.17. The Labute approximate surface area is 198 Å². The highest BCUT2D eigenvalue weighted by atomic mass is 35.5. The lowest BCUT2D eigenvalue weighted by Crippen LogP contribution is -2.53. The van der Waals surface area contributed by atoms with Crippen molar-refractivity contribution in [3.05, 3.63) is 100 Å². The molecule has 3 aromatic carbocycles. The Hall–Kier alpha value is -3.22. The fraction of sp³-hybridized carbons (Fsp3) is 0.231. The van der Waals surface area contributed by atoms with E-state index < -0.39 is 0 Å². The van der Waals surface area contributed by atoms with E-state index in [9.17, 15) is 9.18 Å². The summed E-state index contributed by atoms with van der Waals surface area (Å²) < 4.78 is 14.0. The maximum atomic E-state index is 14.0. The molecule has 0 atom stereocenters. The van der Waals surface area contributed by atoms with Crippen molar-refractivity contribution >= 4 is 29.2 Å². The number of aliphatic imine (C=N–C) groups is 1. The molecule has 0 saturated carbocycles. The Morgan fingerprint density at radius 3 is 2.42 bits per heavy atom. The van der Waals surface area contributed by atoms with Gasteiger partial charge in [0.05, 0.1) is 5.69 Å². The average Bonchev–Trinajstić information content (AvgIpc) is 2.81. The summed E-state index contributed by atoms with van der Waals surface area (Å²) in [5.74, 6) is 0.0785. The van der Waals surface area contributed by atoms with Gasteiger partial charge in [0.15, 0.2) is 0 Å². The molecular formula is C26H26ClFN4O. The average molecular weight is 465 g/mol. The van der Waals surface area contributed by atoms with E-state index in [-0.39, 0.29) is 11.7 Å². The van der Waals surface area contributed by atoms with E-state index in [0.29, 0.717) is 41.7 Å². The van der Waals surface area contributed by atoms with Gasteiger partial charge in [-0.05, 0) is 55.0 Å². The summed E-state index contributed by atoms with van der Waals surface area (Å²) in [5.41, 5.74) is 3.06. The van der Waals surface area contributed by atoms with Crippen molar-refractivity contribution in [2.24, 2.45) is 4.99 Å². The van der Waals surface area contributed by atoms with Gasteiger partial charge in [-0.1, -0.05) is 41.9 Å². The molecule has 0 aliphatic carbocycles. The zero-order valence-corrected chi connectivity index (χ0v) is 19.2. The number of piperazine rings is 1. The zero-order chi connectivity index (χ0) is 23.2. The second kappa shape index (κ2) is 10.6. The Bertz CT molecular complexity index is 1140. The summed E-state index contributed by atoms with van der Waals surface area (Å²) in [7, 11) is 0. The van der Waals surface area contributed by atoms with Gasteiger partial charge in [-0.15, -0.1) is 0 Å². The van der Waals surface area contributed by atoms with Gasteiger partial charge >= 0.3 is 0 Å². The first kappa shape index (κ1) is 23.0. The third-order valence-electron chi connectivity index (χ3n) is 5.59. The molecule has 1 fully saturated rings. The Kier molecular flexibility index (Phi) is 7.37. The van der Waals surface area contributed by atoms with Crippen LogP contribution in [0.1, 0.15) is 21.5 Å². The summed E-state index contributed by atoms with van der Waals surface area (Å²) in [6.45, 7) is 5.37. The number of rotatable bonds is 4. The van der Waals surface area contributed by atoms with Gasteiger partial charge < -0.3 is 4.90 Å². The number of hydrogen-bond acceptors (Lipinski definition) is 3. The Morgan fingerprint density at radius 2 is 1.73 bits per heavy atom. The molecule has 0 radical (unpaired) electrons. The summed E-state index contributed by atoms with van der Waals surface area (Å²) >= 11 is 5.96. The lowest BCUT2D eigenvalue weighted by molar-refractivity contribution is 0.0967. The Morgan fingerprint density at radius 1 is 1.00 bits per heavy atom. The number of guanidine groups is 1. The number of nitrogens with zero attached hydrogens (tertiary/aromatic N) is 3. The van der Waals surface area contributed by atoms with Crippen LogP contribution in [0.5, 0.6) is 0 Å². The minimum Gasteiger partial charge on any atom is -0.340 e. The predicted octanol–water partition coefficient (Wildman–Crippen LogP) is 5.02. The van der Waals surface area contributed by atoms with Crippen molar-refractivity contribution in [2.75, 3.05) is 26.2 Å². The van der Waals surface area contributed by atoms with Crippen molar-refractivity contribution in [3.8, 4) is 0 Å². The number of amides is 1. The molecule has 0 unspecified atom stereocenters. The summed E-state index contributed by atoms with van der Waals surface area (Å²) in [5, 5.41) is 3.55. The van der Waals surface area contributed by atoms with Crippen molar-refractivity contribution in [1.82, 2.24) is 15.1 Å². The van der Waals surface area contributed by atoms with E-state index in [1.165, 1.54) is 6.07 Å². The van der Waals surface area contributed by atoms with E-state index in [1.807, 2.05) is 43.3 Å². The number of carbonyl (C=O) groups is 1. The van der Waals surface area contributed by atoms with Gasteiger partial charge in [0.1, 0.15) is 5.82 Å². The van der Waals surface area contributed by atoms with Gasteiger partial charge in [-0.2, -0.15) is 0 Å². The zero-order valence-electron chi connectivity index (χ0n) is 18.5. The molecule has 7 heteroatoms. The molecule has 33 heavy (non-hydrogen) atoms. The summed E-state index contributed by atoms with van der Waals surface area (Å²) in [6, 6.07) is 21.5. The number of benzene rings is 3. The van der Waals surface area contributed by atoms with Crippen LogP contribution < -0.4 is 5.32 Å². The van der Waals surface area contributed by atoms with Gasteiger partial charge in [0.2, 0.25) is 5.96 Å². The van der Waals surface area contributed by atoms with Gasteiger partial charge in [0, 0.05) is 48.9 Å². The maximum absolute atomic E-state index is 14.0. The van der Waals surface area contributed by atoms with E-state index in [1.54, 1.807) is 30.3 Å². The molecule has 1 aliphatic rings. The molecule has 1 heterocycles. The fourth-order valence-electron chi connectivity index (χ4n) is 3.76. The van der Waals surface area contributed by atoms with Crippen LogP contribution in [0.2, 0.25) is 5.02 Å². The number of carbonyl (C=O) groups excluding carboxylic acids is 1. The molecule has 4 rings (SSSR count). The second-order valence-corrected chi connectivity index (χ2v) is 8.53. The van der Waals surface area contributed by atoms with E-state index in [4.69, 9.17) is 16.6 Å². The molecule has 1 N–H and O–H groups in total. The van der Waals surface area contributed by atoms with Crippen molar-refractivity contribution in [3.63, 3.8) is 0 Å². The molecule has 0 spiro atoms. The van der Waals surface area contributed by atoms with Crippen LogP contribution in [0.4, 0.5) is 10.1 Å². The third-order valence-corrected chi connectivity index (χ3v) is 5.84. The van der Waals surface area contributed by atoms with E-state index >= 15 is 0 Å². The highest BCUT2D eigenvalue weighted by Gasteiger charge is 2.22. The number of nitrogens with one attached hydrogen (secondary N) is 1. The van der Waals surface area contributed by atoms with E-state index in [0.717, 1.165) is 24.3 Å². The van der Waals surface area contributed by atoms with Crippen molar-refractivity contribution in [1.29, 1.82) is 0 Å². The molecule has 1 saturated heterocycles. The normalized spacial score (nSPS) is 14.9. The van der Waals surface area contributed by atoms with Crippen molar-refractivity contribution in [2.45, 2.75) is 13.5 Å². The Balaban J connectivity index is 1.49. The largest absolute Gasteiger partial charge is 0.340 e. The molecule has 0 aromatic heterocycles. The first-order valence-electron chi connectivity index (χ1n) is 10.9. The number of aryl methyl sites for hydroxylation is 1. The van der Waals surface area contributed by atoms with Gasteiger partial charge in [0.25, 0.3) is 5.91 Å². The van der Waals surface area contributed by atoms with Crippen LogP contribution in [-0.2, 0) is 6.54 Å². The summed E-state index contributed by atoms with van der Waals surface area (Å²) in [4.78, 5) is 21.9. The third kappa shape index (κ3) is 6.18. The predicted molar refractivity (Wildman–Crippen MR) is 130 cm³/mol. The maximum Gasteiger partial charge on any atom is 0.257 e. The SMILES string of the molecule is Cc1cccc(N=C(NC(=O)c2ccc(Cl)cc2)N2CCN(Cc3ccccc3F)CC2)c1. The molecule has 3 aromatic rings. The van der Waals surface area contributed by atoms with Crippen LogP contribution in [0.25, 0.3) is 0 Å². The topological polar surface area (TPSA) is 47.9 Å². The lowest BCUT2D eigenvalue weighted by Gasteiger charge is -2.36. The lowest BCUT2D eigenvalue weighted by atomic mass is 10.2. The van der Waals surface area contributed by atoms with Crippen LogP contribution in [0, 0.1) is 12.7 Å². The highest BCUT2D eigenvalue weighted by molar-refractivity contribution is 6.30. The monoisotopic (exact) mass is 464 g/mol. The number of hydrogen-bond donors (Lipinski definition) is 1. The van der Waals surface area contributed by atoms with Crippen molar-refractivity contribution < 1.29 is 9.18 Å². The molecule has 0 bridgehead atoms. The molecule has 1 amide bonds. The first-order chi connectivity index (χ1) is 16.0. The van der Waals surface area contributed by atoms with Crippen LogP contribution in [-0.4, -0.2) is 47.8 Å².